The van der Waals surface area contributed by atoms with Gasteiger partial charge in [0.25, 0.3) is 11.7 Å². The van der Waals surface area contributed by atoms with Gasteiger partial charge < -0.3 is 4.90 Å². The molecule has 0 spiro atoms. The van der Waals surface area contributed by atoms with Crippen molar-refractivity contribution in [3.05, 3.63) is 59.7 Å². The summed E-state index contributed by atoms with van der Waals surface area (Å²) in [6.45, 7) is 0.779. The summed E-state index contributed by atoms with van der Waals surface area (Å²) in [6.07, 6.45) is -1.60. The Bertz CT molecular complexity index is 1130. The Hall–Kier alpha value is -3.11. The number of carbonyl (C=O) groups excluding carboxylic acids is 1. The first-order valence-electron chi connectivity index (χ1n) is 10.2. The van der Waals surface area contributed by atoms with Gasteiger partial charge in [0.1, 0.15) is 0 Å². The van der Waals surface area contributed by atoms with Crippen molar-refractivity contribution in [2.75, 3.05) is 13.1 Å². The Morgan fingerprint density at radius 2 is 1.69 bits per heavy atom. The summed E-state index contributed by atoms with van der Waals surface area (Å²) in [6, 6.07) is 6.56. The first-order chi connectivity index (χ1) is 15.1. The molecule has 0 radical (unpaired) electrons. The van der Waals surface area contributed by atoms with E-state index in [1.54, 1.807) is 23.4 Å². The maximum atomic E-state index is 14.1. The molecule has 168 valence electrons. The molecule has 2 aromatic heterocycles. The third kappa shape index (κ3) is 3.30. The maximum Gasteiger partial charge on any atom is 0.458 e. The molecule has 1 amide bonds. The van der Waals surface area contributed by atoms with Crippen molar-refractivity contribution in [1.82, 2.24) is 24.5 Å². The number of halogens is 5. The van der Waals surface area contributed by atoms with Crippen LogP contribution in [0.15, 0.2) is 42.7 Å². The topological polar surface area (TPSA) is 63.4 Å². The average Bonchev–Trinajstić information content (AvgIpc) is 3.45. The molecule has 3 atom stereocenters. The number of alkyl halides is 5. The number of fused-ring (bicyclic) bond motifs is 2. The summed E-state index contributed by atoms with van der Waals surface area (Å²) in [5.74, 6) is -5.30. The number of rotatable bonds is 3. The Kier molecular flexibility index (Phi) is 4.68. The van der Waals surface area contributed by atoms with E-state index in [4.69, 9.17) is 0 Å². The van der Waals surface area contributed by atoms with Crippen LogP contribution in [-0.2, 0) is 5.92 Å². The molecule has 1 aliphatic heterocycles. The van der Waals surface area contributed by atoms with Gasteiger partial charge in [0.2, 0.25) is 5.82 Å². The van der Waals surface area contributed by atoms with Gasteiger partial charge in [-0.2, -0.15) is 26.9 Å². The minimum absolute atomic E-state index is 0.0201. The maximum absolute atomic E-state index is 14.1. The SMILES string of the molecule is O=C(c1nc2ncccn2n1)N1C[C@H]2CC(c3ccccc3C(F)(F)C(F)(F)F)C[C@H]2C1. The number of hydrogen-bond donors (Lipinski definition) is 0. The van der Waals surface area contributed by atoms with E-state index in [9.17, 15) is 26.7 Å². The largest absolute Gasteiger partial charge is 0.458 e. The molecule has 2 fully saturated rings. The van der Waals surface area contributed by atoms with Crippen molar-refractivity contribution in [3.63, 3.8) is 0 Å². The minimum atomic E-state index is -5.66. The van der Waals surface area contributed by atoms with Crippen LogP contribution in [0.2, 0.25) is 0 Å². The standard InChI is InChI=1S/C21H18F5N5O/c22-20(23,21(24,25)26)16-5-2-1-4-15(16)12-8-13-10-30(11-14(13)9-12)18(32)17-28-19-27-6-3-7-31(19)29-17/h1-7,12-14H,8-11H2/t12?,13-,14+. The molecule has 3 heterocycles. The van der Waals surface area contributed by atoms with E-state index in [0.717, 1.165) is 6.07 Å². The average molecular weight is 451 g/mol. The number of hydrogen-bond acceptors (Lipinski definition) is 4. The third-order valence-electron chi connectivity index (χ3n) is 6.44. The molecule has 1 unspecified atom stereocenters. The predicted octanol–water partition coefficient (Wildman–Crippen LogP) is 4.04. The second-order valence-electron chi connectivity index (χ2n) is 8.36. The van der Waals surface area contributed by atoms with Gasteiger partial charge in [0.05, 0.1) is 0 Å². The summed E-state index contributed by atoms with van der Waals surface area (Å²) >= 11 is 0. The summed E-state index contributed by atoms with van der Waals surface area (Å²) in [7, 11) is 0. The van der Waals surface area contributed by atoms with Gasteiger partial charge in [0, 0.05) is 31.0 Å². The molecule has 2 aliphatic rings. The van der Waals surface area contributed by atoms with Crippen LogP contribution in [0.5, 0.6) is 0 Å². The van der Waals surface area contributed by atoms with Crippen LogP contribution in [0, 0.1) is 11.8 Å². The first kappa shape index (κ1) is 20.8. The number of carbonyl (C=O) groups is 1. The van der Waals surface area contributed by atoms with Crippen molar-refractivity contribution in [3.8, 4) is 0 Å². The van der Waals surface area contributed by atoms with Crippen LogP contribution in [0.1, 0.15) is 40.5 Å². The van der Waals surface area contributed by atoms with Gasteiger partial charge in [-0.1, -0.05) is 24.3 Å². The van der Waals surface area contributed by atoms with E-state index in [1.807, 2.05) is 0 Å². The van der Waals surface area contributed by atoms with Gasteiger partial charge in [-0.3, -0.25) is 4.79 Å². The van der Waals surface area contributed by atoms with Crippen molar-refractivity contribution in [1.29, 1.82) is 0 Å². The molecular weight excluding hydrogens is 433 g/mol. The lowest BCUT2D eigenvalue weighted by Gasteiger charge is -2.25. The summed E-state index contributed by atoms with van der Waals surface area (Å²) in [5, 5.41) is 4.14. The fraction of sp³-hybridized carbons (Fsp3) is 0.429. The summed E-state index contributed by atoms with van der Waals surface area (Å²) < 4.78 is 68.6. The zero-order valence-corrected chi connectivity index (χ0v) is 16.6. The lowest BCUT2D eigenvalue weighted by molar-refractivity contribution is -0.289. The second kappa shape index (κ2) is 7.21. The molecule has 3 aromatic rings. The van der Waals surface area contributed by atoms with E-state index in [-0.39, 0.29) is 29.1 Å². The van der Waals surface area contributed by atoms with Gasteiger partial charge in [-0.25, -0.2) is 9.50 Å². The van der Waals surface area contributed by atoms with Gasteiger partial charge >= 0.3 is 12.1 Å². The molecule has 0 bridgehead atoms. The highest BCUT2D eigenvalue weighted by Gasteiger charge is 2.60. The van der Waals surface area contributed by atoms with Crippen LogP contribution in [0.3, 0.4) is 0 Å². The lowest BCUT2D eigenvalue weighted by Crippen LogP contribution is -2.35. The number of likely N-dealkylation sites (tertiary alicyclic amines) is 1. The van der Waals surface area contributed by atoms with E-state index < -0.39 is 23.6 Å². The molecule has 1 saturated carbocycles. The Morgan fingerprint density at radius 3 is 2.34 bits per heavy atom. The van der Waals surface area contributed by atoms with Gasteiger partial charge in [-0.05, 0) is 42.2 Å². The van der Waals surface area contributed by atoms with Crippen LogP contribution in [-0.4, -0.2) is 49.7 Å². The molecular formula is C21H18F5N5O. The van der Waals surface area contributed by atoms with E-state index >= 15 is 0 Å². The summed E-state index contributed by atoms with van der Waals surface area (Å²) in [4.78, 5) is 22.6. The molecule has 5 rings (SSSR count). The number of nitrogens with zero attached hydrogens (tertiary/aromatic N) is 5. The zero-order valence-electron chi connectivity index (χ0n) is 16.6. The highest BCUT2D eigenvalue weighted by molar-refractivity contribution is 5.91. The van der Waals surface area contributed by atoms with Crippen LogP contribution in [0.4, 0.5) is 22.0 Å². The number of benzene rings is 1. The smallest absolute Gasteiger partial charge is 0.335 e. The highest BCUT2D eigenvalue weighted by atomic mass is 19.4. The molecule has 1 saturated heterocycles. The normalized spacial score (nSPS) is 23.7. The predicted molar refractivity (Wildman–Crippen MR) is 102 cm³/mol. The lowest BCUT2D eigenvalue weighted by atomic mass is 9.88. The first-order valence-corrected chi connectivity index (χ1v) is 10.2. The van der Waals surface area contributed by atoms with Crippen molar-refractivity contribution >= 4 is 11.7 Å². The number of aromatic nitrogens is 4. The van der Waals surface area contributed by atoms with Crippen molar-refractivity contribution in [2.24, 2.45) is 11.8 Å². The van der Waals surface area contributed by atoms with Crippen molar-refractivity contribution < 1.29 is 26.7 Å². The van der Waals surface area contributed by atoms with Crippen LogP contribution >= 0.6 is 0 Å². The molecule has 0 N–H and O–H groups in total. The fourth-order valence-electron chi connectivity index (χ4n) is 4.98. The van der Waals surface area contributed by atoms with Gasteiger partial charge in [0.15, 0.2) is 0 Å². The molecule has 1 aromatic carbocycles. The molecule has 32 heavy (non-hydrogen) atoms. The van der Waals surface area contributed by atoms with Crippen LogP contribution in [0.25, 0.3) is 5.78 Å². The second-order valence-corrected chi connectivity index (χ2v) is 8.36. The molecule has 6 nitrogen and oxygen atoms in total. The monoisotopic (exact) mass is 451 g/mol. The van der Waals surface area contributed by atoms with Crippen LogP contribution < -0.4 is 0 Å². The Morgan fingerprint density at radius 1 is 1.00 bits per heavy atom. The summed E-state index contributed by atoms with van der Waals surface area (Å²) in [5.41, 5.74) is -0.943. The number of amides is 1. The Labute approximate surface area is 179 Å². The highest BCUT2D eigenvalue weighted by Crippen LogP contribution is 2.51. The Balaban J connectivity index is 1.32. The fourth-order valence-corrected chi connectivity index (χ4v) is 4.98. The minimum Gasteiger partial charge on any atom is -0.335 e. The molecule has 11 heteroatoms. The van der Waals surface area contributed by atoms with Gasteiger partial charge in [-0.15, -0.1) is 5.10 Å². The van der Waals surface area contributed by atoms with E-state index in [2.05, 4.69) is 15.1 Å². The quantitative estimate of drug-likeness (QED) is 0.564. The third-order valence-corrected chi connectivity index (χ3v) is 6.44. The molecule has 1 aliphatic carbocycles. The van der Waals surface area contributed by atoms with Crippen molar-refractivity contribution in [2.45, 2.75) is 30.9 Å². The zero-order chi connectivity index (χ0) is 22.7. The van der Waals surface area contributed by atoms with E-state index in [1.165, 1.54) is 22.7 Å². The van der Waals surface area contributed by atoms with E-state index in [0.29, 0.717) is 31.7 Å².